The van der Waals surface area contributed by atoms with E-state index in [1.165, 1.54) is 18.6 Å². The summed E-state index contributed by atoms with van der Waals surface area (Å²) in [5.74, 6) is -0.0343. The molecule has 1 aliphatic rings. The Morgan fingerprint density at radius 3 is 2.37 bits per heavy atom. The van der Waals surface area contributed by atoms with Gasteiger partial charge in [0.2, 0.25) is 0 Å². The highest BCUT2D eigenvalue weighted by Crippen LogP contribution is 2.31. The third-order valence-corrected chi connectivity index (χ3v) is 7.49. The number of rotatable bonds is 8. The lowest BCUT2D eigenvalue weighted by Gasteiger charge is -2.32. The Morgan fingerprint density at radius 2 is 1.77 bits per heavy atom. The minimum Gasteiger partial charge on any atom is -0.379 e. The van der Waals surface area contributed by atoms with Gasteiger partial charge in [0.05, 0.1) is 5.56 Å². The number of halogens is 3. The van der Waals surface area contributed by atoms with Gasteiger partial charge in [0.15, 0.2) is 0 Å². The molecule has 3 rings (SSSR count). The summed E-state index contributed by atoms with van der Waals surface area (Å²) in [4.78, 5) is 14.1. The molecule has 1 aliphatic carbocycles. The van der Waals surface area contributed by atoms with E-state index in [0.29, 0.717) is 12.6 Å². The van der Waals surface area contributed by atoms with Crippen LogP contribution in [0, 0.1) is 0 Å². The number of benzene rings is 2. The summed E-state index contributed by atoms with van der Waals surface area (Å²) in [6, 6.07) is 9.58. The van der Waals surface area contributed by atoms with Gasteiger partial charge in [-0.05, 0) is 62.1 Å². The van der Waals surface area contributed by atoms with E-state index < -0.39 is 26.8 Å². The average Bonchev–Trinajstić information content (AvgIpc) is 2.83. The van der Waals surface area contributed by atoms with Gasteiger partial charge < -0.3 is 14.4 Å². The van der Waals surface area contributed by atoms with E-state index in [-0.39, 0.29) is 23.9 Å². The molecule has 0 spiro atoms. The predicted molar refractivity (Wildman–Crippen MR) is 126 cm³/mol. The third-order valence-electron chi connectivity index (χ3n) is 6.25. The van der Waals surface area contributed by atoms with Gasteiger partial charge in [-0.25, -0.2) is 4.79 Å². The van der Waals surface area contributed by atoms with Crippen molar-refractivity contribution in [2.24, 2.45) is 0 Å². The zero-order chi connectivity index (χ0) is 25.6. The molecule has 0 heterocycles. The summed E-state index contributed by atoms with van der Waals surface area (Å²) in [5.41, 5.74) is -0.304. The number of nitrogens with one attached hydrogen (secondary N) is 1. The van der Waals surface area contributed by atoms with Crippen LogP contribution in [0.1, 0.15) is 63.5 Å². The van der Waals surface area contributed by atoms with Crippen LogP contribution in [0.3, 0.4) is 0 Å². The Bertz CT molecular complexity index is 1100. The Morgan fingerprint density at radius 1 is 1.11 bits per heavy atom. The largest absolute Gasteiger partial charge is 0.416 e. The molecular formula is C25H31F3N2O4S. The minimum atomic E-state index is -4.67. The molecule has 2 amide bonds. The van der Waals surface area contributed by atoms with Crippen molar-refractivity contribution in [1.29, 1.82) is 0 Å². The lowest BCUT2D eigenvalue weighted by molar-refractivity contribution is -0.137. The zero-order valence-electron chi connectivity index (χ0n) is 19.8. The second-order valence-electron chi connectivity index (χ2n) is 8.88. The van der Waals surface area contributed by atoms with Crippen LogP contribution in [0.25, 0.3) is 0 Å². The monoisotopic (exact) mass is 512 g/mol. The molecular weight excluding hydrogens is 481 g/mol. The fourth-order valence-corrected chi connectivity index (χ4v) is 4.98. The summed E-state index contributed by atoms with van der Waals surface area (Å²) in [6.07, 6.45) is 1.48. The van der Waals surface area contributed by atoms with Gasteiger partial charge in [0.1, 0.15) is 10.6 Å². The minimum absolute atomic E-state index is 0.00389. The highest BCUT2D eigenvalue weighted by molar-refractivity contribution is 7.87. The maximum Gasteiger partial charge on any atom is 0.416 e. The van der Waals surface area contributed by atoms with E-state index in [2.05, 4.69) is 5.32 Å². The Kier molecular flexibility index (Phi) is 8.69. The van der Waals surface area contributed by atoms with Crippen molar-refractivity contribution < 1.29 is 30.6 Å². The lowest BCUT2D eigenvalue weighted by atomic mass is 9.96. The van der Waals surface area contributed by atoms with E-state index in [4.69, 9.17) is 4.18 Å². The van der Waals surface area contributed by atoms with E-state index in [1.54, 1.807) is 17.0 Å². The molecule has 192 valence electrons. The van der Waals surface area contributed by atoms with E-state index in [1.807, 2.05) is 13.8 Å². The molecule has 0 aliphatic heterocycles. The summed E-state index contributed by atoms with van der Waals surface area (Å²) >= 11 is 0. The van der Waals surface area contributed by atoms with Crippen LogP contribution in [0.15, 0.2) is 53.4 Å². The first-order valence-electron chi connectivity index (χ1n) is 11.8. The summed E-state index contributed by atoms with van der Waals surface area (Å²) in [6.45, 7) is 4.30. The third kappa shape index (κ3) is 7.37. The quantitative estimate of drug-likeness (QED) is 0.433. The molecule has 0 radical (unpaired) electrons. The van der Waals surface area contributed by atoms with Crippen LogP contribution < -0.4 is 9.50 Å². The fourth-order valence-electron chi connectivity index (χ4n) is 4.00. The molecule has 2 aromatic carbocycles. The van der Waals surface area contributed by atoms with Gasteiger partial charge in [-0.1, -0.05) is 44.4 Å². The van der Waals surface area contributed by atoms with Crippen molar-refractivity contribution in [2.75, 3.05) is 0 Å². The number of hydrogen-bond acceptors (Lipinski definition) is 4. The topological polar surface area (TPSA) is 75.7 Å². The van der Waals surface area contributed by atoms with Crippen LogP contribution in [0.4, 0.5) is 18.0 Å². The Balaban J connectivity index is 1.69. The van der Waals surface area contributed by atoms with Crippen molar-refractivity contribution in [1.82, 2.24) is 10.2 Å². The smallest absolute Gasteiger partial charge is 0.379 e. The van der Waals surface area contributed by atoms with Gasteiger partial charge in [0.25, 0.3) is 0 Å². The number of carbonyl (C=O) groups is 1. The van der Waals surface area contributed by atoms with E-state index >= 15 is 0 Å². The predicted octanol–water partition coefficient (Wildman–Crippen LogP) is 6.12. The summed E-state index contributed by atoms with van der Waals surface area (Å²) in [7, 11) is -4.45. The first-order chi connectivity index (χ1) is 16.5. The number of amides is 2. The molecule has 1 saturated carbocycles. The van der Waals surface area contributed by atoms with Crippen molar-refractivity contribution in [3.05, 3.63) is 59.7 Å². The second-order valence-corrected chi connectivity index (χ2v) is 10.4. The number of urea groups is 1. The normalized spacial score (nSPS) is 15.9. The van der Waals surface area contributed by atoms with Gasteiger partial charge in [-0.3, -0.25) is 0 Å². The number of alkyl halides is 3. The molecule has 0 bridgehead atoms. The lowest BCUT2D eigenvalue weighted by Crippen LogP contribution is -2.48. The SMILES string of the molecule is CCC(C)N(Cc1ccc(OS(=O)(=O)c2cccc(C(F)(F)F)c2)cc1)C(=O)NC1CCCCC1. The van der Waals surface area contributed by atoms with Crippen LogP contribution in [0.5, 0.6) is 5.75 Å². The van der Waals surface area contributed by atoms with Gasteiger partial charge in [0, 0.05) is 18.6 Å². The first kappa shape index (κ1) is 26.8. The molecule has 1 atom stereocenters. The average molecular weight is 513 g/mol. The Labute approximate surface area is 204 Å². The maximum absolute atomic E-state index is 13.0. The van der Waals surface area contributed by atoms with E-state index in [0.717, 1.165) is 55.9 Å². The number of nitrogens with zero attached hydrogens (tertiary/aromatic N) is 1. The van der Waals surface area contributed by atoms with Crippen LogP contribution >= 0.6 is 0 Å². The van der Waals surface area contributed by atoms with Crippen LogP contribution in [-0.4, -0.2) is 31.4 Å². The van der Waals surface area contributed by atoms with Gasteiger partial charge >= 0.3 is 22.3 Å². The molecule has 1 N–H and O–H groups in total. The van der Waals surface area contributed by atoms with E-state index in [9.17, 15) is 26.4 Å². The van der Waals surface area contributed by atoms with Crippen LogP contribution in [-0.2, 0) is 22.8 Å². The highest BCUT2D eigenvalue weighted by atomic mass is 32.2. The molecule has 0 aromatic heterocycles. The van der Waals surface area contributed by atoms with Gasteiger partial charge in [-0.15, -0.1) is 0 Å². The van der Waals surface area contributed by atoms with Crippen LogP contribution in [0.2, 0.25) is 0 Å². The maximum atomic E-state index is 13.0. The summed E-state index contributed by atoms with van der Waals surface area (Å²) in [5, 5.41) is 3.13. The zero-order valence-corrected chi connectivity index (χ0v) is 20.7. The highest BCUT2D eigenvalue weighted by Gasteiger charge is 2.32. The molecule has 1 fully saturated rings. The Hall–Kier alpha value is -2.75. The molecule has 0 saturated heterocycles. The molecule has 6 nitrogen and oxygen atoms in total. The molecule has 1 unspecified atom stereocenters. The van der Waals surface area contributed by atoms with Crippen molar-refractivity contribution in [2.45, 2.75) is 82.1 Å². The fraction of sp³-hybridized carbons (Fsp3) is 0.480. The van der Waals surface area contributed by atoms with Crippen molar-refractivity contribution in [3.8, 4) is 5.75 Å². The van der Waals surface area contributed by atoms with Crippen molar-refractivity contribution in [3.63, 3.8) is 0 Å². The first-order valence-corrected chi connectivity index (χ1v) is 13.2. The molecule has 10 heteroatoms. The molecule has 35 heavy (non-hydrogen) atoms. The summed E-state index contributed by atoms with van der Waals surface area (Å²) < 4.78 is 68.8. The van der Waals surface area contributed by atoms with Gasteiger partial charge in [-0.2, -0.15) is 21.6 Å². The van der Waals surface area contributed by atoms with Crippen molar-refractivity contribution >= 4 is 16.1 Å². The standard InChI is InChI=1S/C25H31F3N2O4S/c1-3-18(2)30(24(31)29-21-9-5-4-6-10-21)17-19-12-14-22(15-13-19)34-35(32,33)23-11-7-8-20(16-23)25(26,27)28/h7-8,11-16,18,21H,3-6,9-10,17H2,1-2H3,(H,29,31). The second kappa shape index (κ2) is 11.3. The molecule has 2 aromatic rings. The number of carbonyl (C=O) groups excluding carboxylic acids is 1. The number of hydrogen-bond donors (Lipinski definition) is 1.